The molecular weight excluding hydrogens is 311 g/mol. The Labute approximate surface area is 122 Å². The number of nitrogens with one attached hydrogen (secondary N) is 1. The lowest BCUT2D eigenvalue weighted by Crippen LogP contribution is -2.54. The van der Waals surface area contributed by atoms with Crippen LogP contribution >= 0.6 is 15.9 Å². The summed E-state index contributed by atoms with van der Waals surface area (Å²) in [7, 11) is 0. The maximum absolute atomic E-state index is 13.1. The first-order valence-electron chi connectivity index (χ1n) is 6.50. The van der Waals surface area contributed by atoms with Crippen LogP contribution in [-0.2, 0) is 11.2 Å². The number of rotatable bonds is 7. The Hall–Kier alpha value is -0.490. The summed E-state index contributed by atoms with van der Waals surface area (Å²) < 4.78 is 19.7. The molecule has 1 aromatic rings. The predicted octanol–water partition coefficient (Wildman–Crippen LogP) is 3.17. The molecule has 2 unspecified atom stereocenters. The molecular formula is C14H22BrFN2O. The van der Waals surface area contributed by atoms with E-state index >= 15 is 0 Å². The third-order valence-electron chi connectivity index (χ3n) is 3.55. The number of hydrazine groups is 1. The van der Waals surface area contributed by atoms with Crippen molar-refractivity contribution in [3.05, 3.63) is 34.1 Å². The lowest BCUT2D eigenvalue weighted by atomic mass is 9.88. The molecule has 0 saturated carbocycles. The second kappa shape index (κ2) is 7.33. The smallest absolute Gasteiger partial charge is 0.124 e. The highest BCUT2D eigenvalue weighted by molar-refractivity contribution is 9.10. The molecule has 0 aliphatic heterocycles. The zero-order valence-electron chi connectivity index (χ0n) is 11.7. The highest BCUT2D eigenvalue weighted by atomic mass is 79.9. The van der Waals surface area contributed by atoms with Crippen LogP contribution in [0.1, 0.15) is 32.8 Å². The van der Waals surface area contributed by atoms with Gasteiger partial charge in [-0.2, -0.15) is 0 Å². The van der Waals surface area contributed by atoms with E-state index in [-0.39, 0.29) is 17.5 Å². The van der Waals surface area contributed by atoms with Gasteiger partial charge < -0.3 is 4.74 Å². The van der Waals surface area contributed by atoms with Crippen LogP contribution in [0, 0.1) is 5.82 Å². The third-order valence-corrected chi connectivity index (χ3v) is 4.29. The molecule has 0 aliphatic rings. The van der Waals surface area contributed by atoms with E-state index < -0.39 is 0 Å². The van der Waals surface area contributed by atoms with Crippen molar-refractivity contribution in [1.82, 2.24) is 5.43 Å². The molecule has 0 amide bonds. The minimum atomic E-state index is -0.350. The standard InChI is InChI=1S/C14H22BrFN2O/c1-4-14(3,19-5-2)13(18-17)8-10-6-7-11(16)9-12(10)15/h6-7,9,13,18H,4-5,8,17H2,1-3H3. The molecule has 1 aromatic carbocycles. The summed E-state index contributed by atoms with van der Waals surface area (Å²) in [6.45, 7) is 6.71. The van der Waals surface area contributed by atoms with E-state index in [0.29, 0.717) is 13.0 Å². The fourth-order valence-corrected chi connectivity index (χ4v) is 2.65. The zero-order chi connectivity index (χ0) is 14.5. The Bertz CT molecular complexity index is 416. The van der Waals surface area contributed by atoms with Crippen LogP contribution < -0.4 is 11.3 Å². The summed E-state index contributed by atoms with van der Waals surface area (Å²) in [6, 6.07) is 4.65. The summed E-state index contributed by atoms with van der Waals surface area (Å²) in [5.41, 5.74) is 3.48. The highest BCUT2D eigenvalue weighted by Gasteiger charge is 2.33. The largest absolute Gasteiger partial charge is 0.374 e. The van der Waals surface area contributed by atoms with Crippen LogP contribution in [0.15, 0.2) is 22.7 Å². The minimum Gasteiger partial charge on any atom is -0.374 e. The van der Waals surface area contributed by atoms with E-state index in [9.17, 15) is 4.39 Å². The quantitative estimate of drug-likeness (QED) is 0.595. The highest BCUT2D eigenvalue weighted by Crippen LogP contribution is 2.26. The second-order valence-electron chi connectivity index (χ2n) is 4.76. The zero-order valence-corrected chi connectivity index (χ0v) is 13.3. The Morgan fingerprint density at radius 3 is 2.63 bits per heavy atom. The van der Waals surface area contributed by atoms with Gasteiger partial charge in [0.25, 0.3) is 0 Å². The summed E-state index contributed by atoms with van der Waals surface area (Å²) in [6.07, 6.45) is 1.51. The summed E-state index contributed by atoms with van der Waals surface area (Å²) >= 11 is 3.38. The summed E-state index contributed by atoms with van der Waals surface area (Å²) in [5.74, 6) is 5.42. The van der Waals surface area contributed by atoms with Crippen molar-refractivity contribution in [2.75, 3.05) is 6.61 Å². The van der Waals surface area contributed by atoms with Gasteiger partial charge in [-0.3, -0.25) is 11.3 Å². The van der Waals surface area contributed by atoms with Crippen LogP contribution in [0.4, 0.5) is 4.39 Å². The first-order chi connectivity index (χ1) is 8.96. The number of hydrogen-bond acceptors (Lipinski definition) is 3. The molecule has 0 fully saturated rings. The molecule has 0 radical (unpaired) electrons. The van der Waals surface area contributed by atoms with E-state index in [2.05, 4.69) is 28.3 Å². The first-order valence-corrected chi connectivity index (χ1v) is 7.30. The first kappa shape index (κ1) is 16.6. The van der Waals surface area contributed by atoms with Crippen LogP contribution in [0.3, 0.4) is 0 Å². The van der Waals surface area contributed by atoms with Gasteiger partial charge in [0.15, 0.2) is 0 Å². The van der Waals surface area contributed by atoms with Crippen molar-refractivity contribution in [2.45, 2.75) is 45.3 Å². The van der Waals surface area contributed by atoms with E-state index in [4.69, 9.17) is 10.6 Å². The van der Waals surface area contributed by atoms with E-state index in [1.807, 2.05) is 13.8 Å². The number of ether oxygens (including phenoxy) is 1. The average molecular weight is 333 g/mol. The van der Waals surface area contributed by atoms with Crippen molar-refractivity contribution in [1.29, 1.82) is 0 Å². The Morgan fingerprint density at radius 2 is 2.16 bits per heavy atom. The molecule has 0 aromatic heterocycles. The molecule has 2 atom stereocenters. The van der Waals surface area contributed by atoms with Crippen LogP contribution in [-0.4, -0.2) is 18.2 Å². The number of hydrogen-bond donors (Lipinski definition) is 2. The molecule has 3 nitrogen and oxygen atoms in total. The van der Waals surface area contributed by atoms with E-state index in [0.717, 1.165) is 16.5 Å². The molecule has 3 N–H and O–H groups in total. The normalized spacial score (nSPS) is 16.1. The molecule has 1 rings (SSSR count). The molecule has 0 spiro atoms. The summed E-state index contributed by atoms with van der Waals surface area (Å²) in [5, 5.41) is 0. The minimum absolute atomic E-state index is 0.0424. The monoisotopic (exact) mass is 332 g/mol. The molecule has 5 heteroatoms. The van der Waals surface area contributed by atoms with Crippen molar-refractivity contribution in [3.8, 4) is 0 Å². The van der Waals surface area contributed by atoms with Gasteiger partial charge in [0.1, 0.15) is 5.82 Å². The van der Waals surface area contributed by atoms with Crippen molar-refractivity contribution in [3.63, 3.8) is 0 Å². The van der Waals surface area contributed by atoms with Gasteiger partial charge >= 0.3 is 0 Å². The van der Waals surface area contributed by atoms with Gasteiger partial charge in [0.2, 0.25) is 0 Å². The number of halogens is 2. The third kappa shape index (κ3) is 4.24. The summed E-state index contributed by atoms with van der Waals surface area (Å²) in [4.78, 5) is 0. The second-order valence-corrected chi connectivity index (χ2v) is 5.61. The Balaban J connectivity index is 2.92. The van der Waals surface area contributed by atoms with Gasteiger partial charge in [-0.15, -0.1) is 0 Å². The van der Waals surface area contributed by atoms with Crippen LogP contribution in [0.25, 0.3) is 0 Å². The van der Waals surface area contributed by atoms with Crippen molar-refractivity contribution >= 4 is 15.9 Å². The van der Waals surface area contributed by atoms with Gasteiger partial charge in [-0.05, 0) is 44.4 Å². The van der Waals surface area contributed by atoms with Crippen molar-refractivity contribution < 1.29 is 9.13 Å². The maximum Gasteiger partial charge on any atom is 0.124 e. The Morgan fingerprint density at radius 1 is 1.47 bits per heavy atom. The molecule has 0 bridgehead atoms. The van der Waals surface area contributed by atoms with E-state index in [1.165, 1.54) is 12.1 Å². The fourth-order valence-electron chi connectivity index (χ4n) is 2.14. The fraction of sp³-hybridized carbons (Fsp3) is 0.571. The van der Waals surface area contributed by atoms with Crippen molar-refractivity contribution in [2.24, 2.45) is 5.84 Å². The van der Waals surface area contributed by atoms with Crippen LogP contribution in [0.5, 0.6) is 0 Å². The van der Waals surface area contributed by atoms with Gasteiger partial charge in [0, 0.05) is 11.1 Å². The molecule has 0 saturated heterocycles. The number of nitrogens with two attached hydrogens (primary N) is 1. The van der Waals surface area contributed by atoms with Gasteiger partial charge in [-0.25, -0.2) is 4.39 Å². The molecule has 0 aliphatic carbocycles. The molecule has 19 heavy (non-hydrogen) atoms. The Kier molecular flexibility index (Phi) is 6.39. The SMILES string of the molecule is CCOC(C)(CC)C(Cc1ccc(F)cc1Br)NN. The topological polar surface area (TPSA) is 47.3 Å². The maximum atomic E-state index is 13.1. The average Bonchev–Trinajstić information content (AvgIpc) is 2.38. The van der Waals surface area contributed by atoms with Gasteiger partial charge in [0.05, 0.1) is 11.6 Å². The van der Waals surface area contributed by atoms with Crippen LogP contribution in [0.2, 0.25) is 0 Å². The lowest BCUT2D eigenvalue weighted by Gasteiger charge is -2.36. The molecule has 108 valence electrons. The van der Waals surface area contributed by atoms with E-state index in [1.54, 1.807) is 6.07 Å². The van der Waals surface area contributed by atoms with Gasteiger partial charge in [-0.1, -0.05) is 28.9 Å². The molecule has 0 heterocycles. The lowest BCUT2D eigenvalue weighted by molar-refractivity contribution is -0.0551. The number of benzene rings is 1. The predicted molar refractivity (Wildman–Crippen MR) is 79.2 cm³/mol.